The van der Waals surface area contributed by atoms with Crippen molar-refractivity contribution in [3.05, 3.63) is 24.3 Å². The molecule has 4 nitrogen and oxygen atoms in total. The zero-order chi connectivity index (χ0) is 12.2. The monoisotopic (exact) mass is 242 g/mol. The van der Waals surface area contributed by atoms with E-state index in [9.17, 15) is 13.2 Å². The standard InChI is InChI=1S/C11H14O4S/c1-9(6-7-12)8-16(14,15)11-4-2-10(13)3-5-11/h2-5,7,9,13H,6,8H2,1H3. The summed E-state index contributed by atoms with van der Waals surface area (Å²) in [6, 6.07) is 5.38. The topological polar surface area (TPSA) is 71.4 Å². The summed E-state index contributed by atoms with van der Waals surface area (Å²) in [5.41, 5.74) is 0. The van der Waals surface area contributed by atoms with Gasteiger partial charge < -0.3 is 9.90 Å². The van der Waals surface area contributed by atoms with E-state index < -0.39 is 9.84 Å². The fraction of sp³-hybridized carbons (Fsp3) is 0.364. The van der Waals surface area contributed by atoms with Gasteiger partial charge in [0, 0.05) is 6.42 Å². The predicted molar refractivity (Wildman–Crippen MR) is 60.0 cm³/mol. The number of rotatable bonds is 5. The molecular formula is C11H14O4S. The molecule has 0 heterocycles. The minimum atomic E-state index is -3.37. The molecule has 0 aliphatic rings. The first-order valence-corrected chi connectivity index (χ1v) is 6.56. The molecule has 1 unspecified atom stereocenters. The maximum Gasteiger partial charge on any atom is 0.178 e. The summed E-state index contributed by atoms with van der Waals surface area (Å²) in [4.78, 5) is 10.4. The Hall–Kier alpha value is -1.36. The molecule has 0 aliphatic heterocycles. The van der Waals surface area contributed by atoms with Crippen molar-refractivity contribution in [2.75, 3.05) is 5.75 Å². The second kappa shape index (κ2) is 5.12. The van der Waals surface area contributed by atoms with Crippen LogP contribution in [0, 0.1) is 5.92 Å². The van der Waals surface area contributed by atoms with Crippen molar-refractivity contribution >= 4 is 16.1 Å². The summed E-state index contributed by atoms with van der Waals surface area (Å²) < 4.78 is 23.7. The van der Waals surface area contributed by atoms with Gasteiger partial charge in [0.05, 0.1) is 10.6 Å². The zero-order valence-electron chi connectivity index (χ0n) is 8.96. The molecular weight excluding hydrogens is 228 g/mol. The van der Waals surface area contributed by atoms with E-state index in [0.29, 0.717) is 0 Å². The van der Waals surface area contributed by atoms with Crippen molar-refractivity contribution in [2.24, 2.45) is 5.92 Å². The minimum absolute atomic E-state index is 0.0277. The van der Waals surface area contributed by atoms with E-state index in [-0.39, 0.29) is 28.7 Å². The molecule has 0 spiro atoms. The normalized spacial score (nSPS) is 13.3. The summed E-state index contributed by atoms with van der Waals surface area (Å²) in [5, 5.41) is 9.05. The van der Waals surface area contributed by atoms with E-state index in [0.717, 1.165) is 6.29 Å². The number of phenolic OH excluding ortho intramolecular Hbond substituents is 1. The fourth-order valence-electron chi connectivity index (χ4n) is 1.36. The quantitative estimate of drug-likeness (QED) is 0.792. The van der Waals surface area contributed by atoms with E-state index in [1.54, 1.807) is 6.92 Å². The fourth-order valence-corrected chi connectivity index (χ4v) is 2.98. The lowest BCUT2D eigenvalue weighted by Crippen LogP contribution is -2.14. The third-order valence-corrected chi connectivity index (χ3v) is 4.20. The molecule has 1 N–H and O–H groups in total. The van der Waals surface area contributed by atoms with Crippen molar-refractivity contribution in [3.8, 4) is 5.75 Å². The van der Waals surface area contributed by atoms with Gasteiger partial charge in [-0.25, -0.2) is 8.42 Å². The van der Waals surface area contributed by atoms with E-state index in [2.05, 4.69) is 0 Å². The van der Waals surface area contributed by atoms with Crippen LogP contribution in [0.25, 0.3) is 0 Å². The number of hydrogen-bond donors (Lipinski definition) is 1. The highest BCUT2D eigenvalue weighted by Crippen LogP contribution is 2.18. The molecule has 0 fully saturated rings. The van der Waals surface area contributed by atoms with Crippen LogP contribution in [0.4, 0.5) is 0 Å². The van der Waals surface area contributed by atoms with Gasteiger partial charge in [-0.3, -0.25) is 0 Å². The first-order chi connectivity index (χ1) is 7.45. The smallest absolute Gasteiger partial charge is 0.178 e. The number of aldehydes is 1. The van der Waals surface area contributed by atoms with E-state index >= 15 is 0 Å². The molecule has 1 atom stereocenters. The Bertz CT molecular complexity index is 447. The van der Waals surface area contributed by atoms with Gasteiger partial charge in [-0.15, -0.1) is 0 Å². The molecule has 0 bridgehead atoms. The van der Waals surface area contributed by atoms with Gasteiger partial charge in [0.25, 0.3) is 0 Å². The van der Waals surface area contributed by atoms with Crippen LogP contribution in [-0.4, -0.2) is 25.6 Å². The molecule has 88 valence electrons. The molecule has 0 radical (unpaired) electrons. The van der Waals surface area contributed by atoms with Gasteiger partial charge in [0.2, 0.25) is 0 Å². The summed E-state index contributed by atoms with van der Waals surface area (Å²) in [7, 11) is -3.37. The molecule has 0 aromatic heterocycles. The highest BCUT2D eigenvalue weighted by molar-refractivity contribution is 7.91. The van der Waals surface area contributed by atoms with E-state index in [1.807, 2.05) is 0 Å². The average Bonchev–Trinajstić information content (AvgIpc) is 2.17. The first kappa shape index (κ1) is 12.7. The summed E-state index contributed by atoms with van der Waals surface area (Å²) in [6.45, 7) is 1.71. The Labute approximate surface area is 94.8 Å². The first-order valence-electron chi connectivity index (χ1n) is 4.91. The summed E-state index contributed by atoms with van der Waals surface area (Å²) in [5.74, 6) is -0.229. The maximum atomic E-state index is 11.8. The average molecular weight is 242 g/mol. The molecule has 16 heavy (non-hydrogen) atoms. The Balaban J connectivity index is 2.85. The largest absolute Gasteiger partial charge is 0.508 e. The van der Waals surface area contributed by atoms with Gasteiger partial charge >= 0.3 is 0 Å². The predicted octanol–water partition coefficient (Wildman–Crippen LogP) is 1.39. The van der Waals surface area contributed by atoms with Crippen LogP contribution in [0.2, 0.25) is 0 Å². The second-order valence-corrected chi connectivity index (χ2v) is 5.82. The number of hydrogen-bond acceptors (Lipinski definition) is 4. The summed E-state index contributed by atoms with van der Waals surface area (Å²) in [6.07, 6.45) is 0.953. The molecule has 1 aromatic rings. The Morgan fingerprint density at radius 1 is 1.31 bits per heavy atom. The summed E-state index contributed by atoms with van der Waals surface area (Å²) >= 11 is 0. The van der Waals surface area contributed by atoms with Crippen molar-refractivity contribution in [3.63, 3.8) is 0 Å². The van der Waals surface area contributed by atoms with Crippen molar-refractivity contribution in [2.45, 2.75) is 18.2 Å². The number of phenols is 1. The molecule has 0 saturated carbocycles. The highest BCUT2D eigenvalue weighted by atomic mass is 32.2. The number of benzene rings is 1. The molecule has 1 rings (SSSR count). The SMILES string of the molecule is CC(CC=O)CS(=O)(=O)c1ccc(O)cc1. The van der Waals surface area contributed by atoms with E-state index in [1.165, 1.54) is 24.3 Å². The number of aromatic hydroxyl groups is 1. The molecule has 0 amide bonds. The lowest BCUT2D eigenvalue weighted by atomic mass is 10.2. The van der Waals surface area contributed by atoms with Crippen LogP contribution < -0.4 is 0 Å². The number of carbonyl (C=O) groups is 1. The van der Waals surface area contributed by atoms with Gasteiger partial charge in [0.15, 0.2) is 9.84 Å². The van der Waals surface area contributed by atoms with Crippen LogP contribution in [0.15, 0.2) is 29.2 Å². The number of carbonyl (C=O) groups excluding carboxylic acids is 1. The second-order valence-electron chi connectivity index (χ2n) is 3.78. The van der Waals surface area contributed by atoms with Crippen molar-refractivity contribution in [1.29, 1.82) is 0 Å². The third-order valence-electron chi connectivity index (χ3n) is 2.20. The Morgan fingerprint density at radius 3 is 2.38 bits per heavy atom. The number of sulfone groups is 1. The van der Waals surface area contributed by atoms with Crippen molar-refractivity contribution < 1.29 is 18.3 Å². The molecule has 0 saturated heterocycles. The lowest BCUT2D eigenvalue weighted by molar-refractivity contribution is -0.108. The van der Waals surface area contributed by atoms with Gasteiger partial charge in [0.1, 0.15) is 12.0 Å². The van der Waals surface area contributed by atoms with Crippen LogP contribution >= 0.6 is 0 Å². The zero-order valence-corrected chi connectivity index (χ0v) is 9.78. The maximum absolute atomic E-state index is 11.8. The van der Waals surface area contributed by atoms with Crippen LogP contribution in [0.5, 0.6) is 5.75 Å². The molecule has 1 aromatic carbocycles. The third kappa shape index (κ3) is 3.34. The van der Waals surface area contributed by atoms with Gasteiger partial charge in [-0.05, 0) is 30.2 Å². The van der Waals surface area contributed by atoms with Crippen LogP contribution in [0.3, 0.4) is 0 Å². The minimum Gasteiger partial charge on any atom is -0.508 e. The lowest BCUT2D eigenvalue weighted by Gasteiger charge is -2.08. The molecule has 5 heteroatoms. The Morgan fingerprint density at radius 2 is 1.88 bits per heavy atom. The highest BCUT2D eigenvalue weighted by Gasteiger charge is 2.18. The van der Waals surface area contributed by atoms with Gasteiger partial charge in [-0.1, -0.05) is 6.92 Å². The van der Waals surface area contributed by atoms with E-state index in [4.69, 9.17) is 5.11 Å². The Kier molecular flexibility index (Phi) is 4.06. The molecule has 0 aliphatic carbocycles. The van der Waals surface area contributed by atoms with Gasteiger partial charge in [-0.2, -0.15) is 0 Å². The van der Waals surface area contributed by atoms with Crippen molar-refractivity contribution in [1.82, 2.24) is 0 Å². The van der Waals surface area contributed by atoms with Crippen LogP contribution in [-0.2, 0) is 14.6 Å². The van der Waals surface area contributed by atoms with Crippen LogP contribution in [0.1, 0.15) is 13.3 Å².